The molecule has 8 heteroatoms. The van der Waals surface area contributed by atoms with Gasteiger partial charge in [0.2, 0.25) is 0 Å². The summed E-state index contributed by atoms with van der Waals surface area (Å²) in [5, 5.41) is 0. The van der Waals surface area contributed by atoms with Gasteiger partial charge in [-0.15, -0.1) is 12.4 Å². The van der Waals surface area contributed by atoms with Gasteiger partial charge in [-0.3, -0.25) is 4.79 Å². The molecule has 0 aromatic rings. The first-order chi connectivity index (χ1) is 8.78. The third-order valence-electron chi connectivity index (χ3n) is 3.35. The highest BCUT2D eigenvalue weighted by Crippen LogP contribution is 2.21. The van der Waals surface area contributed by atoms with Crippen LogP contribution in [0.25, 0.3) is 0 Å². The Bertz CT molecular complexity index is 416. The third kappa shape index (κ3) is 5.55. The molecule has 1 aliphatic rings. The highest BCUT2D eigenvalue weighted by molar-refractivity contribution is 7.90. The van der Waals surface area contributed by atoms with Crippen molar-refractivity contribution in [3.8, 4) is 0 Å². The smallest absolute Gasteiger partial charge is 0.251 e. The number of nitrogens with two attached hydrogens (primary N) is 1. The Kier molecular flexibility index (Phi) is 8.01. The van der Waals surface area contributed by atoms with E-state index in [2.05, 4.69) is 0 Å². The number of carbonyl (C=O) groups excluding carboxylic acids is 1. The highest BCUT2D eigenvalue weighted by Gasteiger charge is 2.34. The molecule has 1 heterocycles. The number of halogens is 1. The zero-order chi connectivity index (χ0) is 14.6. The second kappa shape index (κ2) is 8.17. The predicted octanol–water partition coefficient (Wildman–Crippen LogP) is 0.196. The Balaban J connectivity index is 0.00000361. The van der Waals surface area contributed by atoms with Crippen molar-refractivity contribution in [1.82, 2.24) is 4.90 Å². The normalized spacial score (nSPS) is 24.0. The van der Waals surface area contributed by atoms with Crippen LogP contribution in [0.2, 0.25) is 0 Å². The molecule has 3 atom stereocenters. The SMILES string of the molecule is CCN(C(=O)[C@@H]1CC[C@H](CN)O1)C(C)CS(C)(=O)=O.Cl. The van der Waals surface area contributed by atoms with E-state index in [1.54, 1.807) is 11.8 Å². The zero-order valence-electron chi connectivity index (χ0n) is 12.2. The molecule has 0 aromatic heterocycles. The number of rotatable bonds is 6. The molecule has 1 fully saturated rings. The van der Waals surface area contributed by atoms with Gasteiger partial charge < -0.3 is 15.4 Å². The van der Waals surface area contributed by atoms with Gasteiger partial charge in [0, 0.05) is 25.4 Å². The van der Waals surface area contributed by atoms with Gasteiger partial charge in [0.15, 0.2) is 0 Å². The molecule has 6 nitrogen and oxygen atoms in total. The van der Waals surface area contributed by atoms with E-state index in [4.69, 9.17) is 10.5 Å². The fourth-order valence-corrected chi connectivity index (χ4v) is 3.51. The number of carbonyl (C=O) groups is 1. The van der Waals surface area contributed by atoms with E-state index >= 15 is 0 Å². The molecule has 0 bridgehead atoms. The van der Waals surface area contributed by atoms with Crippen molar-refractivity contribution >= 4 is 28.2 Å². The number of sulfone groups is 1. The van der Waals surface area contributed by atoms with Gasteiger partial charge in [0.25, 0.3) is 5.91 Å². The van der Waals surface area contributed by atoms with Crippen molar-refractivity contribution in [2.24, 2.45) is 5.73 Å². The molecule has 0 saturated carbocycles. The molecule has 0 radical (unpaired) electrons. The van der Waals surface area contributed by atoms with Crippen LogP contribution in [0.1, 0.15) is 26.7 Å². The molecule has 120 valence electrons. The molecule has 20 heavy (non-hydrogen) atoms. The fraction of sp³-hybridized carbons (Fsp3) is 0.917. The van der Waals surface area contributed by atoms with E-state index in [0.29, 0.717) is 19.5 Å². The summed E-state index contributed by atoms with van der Waals surface area (Å²) in [5.74, 6) is -0.158. The lowest BCUT2D eigenvalue weighted by Gasteiger charge is -2.29. The monoisotopic (exact) mass is 328 g/mol. The van der Waals surface area contributed by atoms with E-state index in [1.807, 2.05) is 6.92 Å². The van der Waals surface area contributed by atoms with E-state index in [9.17, 15) is 13.2 Å². The number of nitrogens with zero attached hydrogens (tertiary/aromatic N) is 1. The van der Waals surface area contributed by atoms with Gasteiger partial charge in [0.05, 0.1) is 11.9 Å². The van der Waals surface area contributed by atoms with E-state index < -0.39 is 15.9 Å². The molecule has 1 saturated heterocycles. The lowest BCUT2D eigenvalue weighted by molar-refractivity contribution is -0.144. The van der Waals surface area contributed by atoms with Crippen molar-refractivity contribution in [3.05, 3.63) is 0 Å². The summed E-state index contributed by atoms with van der Waals surface area (Å²) in [7, 11) is -3.11. The Labute approximate surface area is 127 Å². The second-order valence-corrected chi connectivity index (χ2v) is 7.31. The Morgan fingerprint density at radius 3 is 2.45 bits per heavy atom. The minimum atomic E-state index is -3.11. The minimum absolute atomic E-state index is 0. The average Bonchev–Trinajstić information content (AvgIpc) is 2.75. The Morgan fingerprint density at radius 2 is 2.05 bits per heavy atom. The summed E-state index contributed by atoms with van der Waals surface area (Å²) < 4.78 is 28.2. The maximum atomic E-state index is 12.3. The first-order valence-corrected chi connectivity index (χ1v) is 8.68. The minimum Gasteiger partial charge on any atom is -0.364 e. The number of likely N-dealkylation sites (N-methyl/N-ethyl adjacent to an activating group) is 1. The quantitative estimate of drug-likeness (QED) is 0.752. The van der Waals surface area contributed by atoms with Crippen LogP contribution >= 0.6 is 12.4 Å². The second-order valence-electron chi connectivity index (χ2n) is 5.13. The number of hydrogen-bond donors (Lipinski definition) is 1. The van der Waals surface area contributed by atoms with Crippen molar-refractivity contribution < 1.29 is 17.9 Å². The van der Waals surface area contributed by atoms with Crippen molar-refractivity contribution in [2.75, 3.05) is 25.1 Å². The number of amides is 1. The van der Waals surface area contributed by atoms with Gasteiger partial charge in [-0.25, -0.2) is 8.42 Å². The summed E-state index contributed by atoms with van der Waals surface area (Å²) in [6, 6.07) is -0.340. The van der Waals surface area contributed by atoms with Gasteiger partial charge in [-0.05, 0) is 26.7 Å². The van der Waals surface area contributed by atoms with Gasteiger partial charge in [-0.1, -0.05) is 0 Å². The molecular formula is C12H25ClN2O4S. The molecular weight excluding hydrogens is 304 g/mol. The average molecular weight is 329 g/mol. The standard InChI is InChI=1S/C12H24N2O4S.ClH/c1-4-14(9(2)8-19(3,16)17)12(15)11-6-5-10(7-13)18-11;/h9-11H,4-8,13H2,1-3H3;1H/t9?,10-,11+;/m1./s1. The van der Waals surface area contributed by atoms with Crippen LogP contribution in [0.4, 0.5) is 0 Å². The van der Waals surface area contributed by atoms with Crippen LogP contribution in [0.5, 0.6) is 0 Å². The molecule has 1 amide bonds. The Hall–Kier alpha value is -0.370. The van der Waals surface area contributed by atoms with Crippen LogP contribution in [0.3, 0.4) is 0 Å². The zero-order valence-corrected chi connectivity index (χ0v) is 13.9. The van der Waals surface area contributed by atoms with Crippen molar-refractivity contribution in [2.45, 2.75) is 44.9 Å². The first kappa shape index (κ1) is 19.6. The molecule has 0 aliphatic carbocycles. The summed E-state index contributed by atoms with van der Waals surface area (Å²) in [5.41, 5.74) is 5.52. The van der Waals surface area contributed by atoms with Crippen LogP contribution < -0.4 is 5.73 Å². The van der Waals surface area contributed by atoms with E-state index in [0.717, 1.165) is 6.42 Å². The van der Waals surface area contributed by atoms with Crippen LogP contribution in [-0.4, -0.2) is 62.6 Å². The molecule has 1 rings (SSSR count). The summed E-state index contributed by atoms with van der Waals surface area (Å²) in [4.78, 5) is 13.9. The predicted molar refractivity (Wildman–Crippen MR) is 80.8 cm³/mol. The lowest BCUT2D eigenvalue weighted by atomic mass is 10.1. The molecule has 1 aliphatic heterocycles. The van der Waals surface area contributed by atoms with Gasteiger partial charge in [0.1, 0.15) is 15.9 Å². The van der Waals surface area contributed by atoms with Crippen LogP contribution in [0.15, 0.2) is 0 Å². The summed E-state index contributed by atoms with van der Waals surface area (Å²) in [6.07, 6.45) is 2.08. The number of ether oxygens (including phenoxy) is 1. The van der Waals surface area contributed by atoms with E-state index in [-0.39, 0.29) is 36.2 Å². The topological polar surface area (TPSA) is 89.7 Å². The Morgan fingerprint density at radius 1 is 1.45 bits per heavy atom. The lowest BCUT2D eigenvalue weighted by Crippen LogP contribution is -2.47. The van der Waals surface area contributed by atoms with Crippen molar-refractivity contribution in [1.29, 1.82) is 0 Å². The molecule has 2 N–H and O–H groups in total. The highest BCUT2D eigenvalue weighted by atomic mass is 35.5. The third-order valence-corrected chi connectivity index (χ3v) is 4.43. The van der Waals surface area contributed by atoms with Crippen molar-refractivity contribution in [3.63, 3.8) is 0 Å². The van der Waals surface area contributed by atoms with E-state index in [1.165, 1.54) is 6.26 Å². The fourth-order valence-electron chi connectivity index (χ4n) is 2.46. The van der Waals surface area contributed by atoms with Gasteiger partial charge in [-0.2, -0.15) is 0 Å². The van der Waals surface area contributed by atoms with Gasteiger partial charge >= 0.3 is 0 Å². The molecule has 0 aromatic carbocycles. The summed E-state index contributed by atoms with van der Waals surface area (Å²) >= 11 is 0. The first-order valence-electron chi connectivity index (χ1n) is 6.62. The summed E-state index contributed by atoms with van der Waals surface area (Å²) in [6.45, 7) is 4.47. The van der Waals surface area contributed by atoms with Crippen LogP contribution in [0, 0.1) is 0 Å². The largest absolute Gasteiger partial charge is 0.364 e. The maximum Gasteiger partial charge on any atom is 0.251 e. The molecule has 0 spiro atoms. The number of hydrogen-bond acceptors (Lipinski definition) is 5. The molecule has 1 unspecified atom stereocenters. The maximum absolute atomic E-state index is 12.3. The van der Waals surface area contributed by atoms with Crippen LogP contribution in [-0.2, 0) is 19.4 Å².